The first-order chi connectivity index (χ1) is 13.4. The molecule has 1 N–H and O–H groups in total. The van der Waals surface area contributed by atoms with Gasteiger partial charge in [0.15, 0.2) is 0 Å². The van der Waals surface area contributed by atoms with Gasteiger partial charge in [-0.3, -0.25) is 10.1 Å². The van der Waals surface area contributed by atoms with Crippen LogP contribution in [0.5, 0.6) is 0 Å². The molecule has 0 heterocycles. The maximum Gasteiger partial charge on any atom is 0.308 e. The van der Waals surface area contributed by atoms with Crippen molar-refractivity contribution in [3.05, 3.63) is 0 Å². The van der Waals surface area contributed by atoms with Gasteiger partial charge in [-0.25, -0.2) is 0 Å². The number of carbonyl (C=O) groups is 1. The standard InChI is InChI=1S/C22H45NO6/c1-17(2)20(24)27-13-12-25-15-23-16-28-19(5)14-29-22(8,9)21(6,7)10-11-26-18(3)4/h17-19,23H,10-16H2,1-9H3. The highest BCUT2D eigenvalue weighted by molar-refractivity contribution is 5.71. The first kappa shape index (κ1) is 28.3. The van der Waals surface area contributed by atoms with E-state index in [1.807, 2.05) is 20.8 Å². The number of carbonyl (C=O) groups excluding carboxylic acids is 1. The Labute approximate surface area is 178 Å². The summed E-state index contributed by atoms with van der Waals surface area (Å²) in [5, 5.41) is 3.04. The highest BCUT2D eigenvalue weighted by atomic mass is 16.6. The lowest BCUT2D eigenvalue weighted by atomic mass is 9.74. The molecule has 7 heteroatoms. The van der Waals surface area contributed by atoms with E-state index in [0.717, 1.165) is 13.0 Å². The number of esters is 1. The molecule has 0 aliphatic rings. The molecule has 1 atom stereocenters. The Hall–Kier alpha value is -0.730. The van der Waals surface area contributed by atoms with Gasteiger partial charge in [-0.15, -0.1) is 0 Å². The monoisotopic (exact) mass is 419 g/mol. The lowest BCUT2D eigenvalue weighted by Crippen LogP contribution is -2.44. The lowest BCUT2D eigenvalue weighted by Gasteiger charge is -2.42. The summed E-state index contributed by atoms with van der Waals surface area (Å²) in [6, 6.07) is 0. The fourth-order valence-corrected chi connectivity index (χ4v) is 2.18. The molecule has 0 fully saturated rings. The zero-order chi connectivity index (χ0) is 22.5. The SMILES string of the molecule is CC(C)OCCC(C)(C)C(C)(C)OCC(C)OCNCOCCOC(=O)C(C)C. The maximum atomic E-state index is 11.3. The molecule has 0 amide bonds. The van der Waals surface area contributed by atoms with Crippen LogP contribution in [0.1, 0.15) is 68.7 Å². The number of nitrogens with one attached hydrogen (secondary N) is 1. The molecule has 29 heavy (non-hydrogen) atoms. The summed E-state index contributed by atoms with van der Waals surface area (Å²) in [4.78, 5) is 11.3. The summed E-state index contributed by atoms with van der Waals surface area (Å²) in [5.74, 6) is -0.327. The summed E-state index contributed by atoms with van der Waals surface area (Å²) < 4.78 is 28.0. The van der Waals surface area contributed by atoms with Crippen LogP contribution < -0.4 is 5.32 Å². The maximum absolute atomic E-state index is 11.3. The van der Waals surface area contributed by atoms with Crippen LogP contribution in [-0.4, -0.2) is 63.7 Å². The molecular weight excluding hydrogens is 374 g/mol. The van der Waals surface area contributed by atoms with Gasteiger partial charge in [-0.05, 0) is 46.5 Å². The molecule has 1 unspecified atom stereocenters. The quantitative estimate of drug-likeness (QED) is 0.219. The molecule has 0 aromatic carbocycles. The van der Waals surface area contributed by atoms with Gasteiger partial charge in [0.1, 0.15) is 6.61 Å². The van der Waals surface area contributed by atoms with Gasteiger partial charge in [0.25, 0.3) is 0 Å². The van der Waals surface area contributed by atoms with Crippen molar-refractivity contribution in [2.45, 2.75) is 86.5 Å². The average molecular weight is 420 g/mol. The van der Waals surface area contributed by atoms with Crippen LogP contribution >= 0.6 is 0 Å². The van der Waals surface area contributed by atoms with Crippen molar-refractivity contribution in [3.8, 4) is 0 Å². The molecule has 0 aromatic heterocycles. The molecule has 0 rings (SSSR count). The Morgan fingerprint density at radius 2 is 1.55 bits per heavy atom. The zero-order valence-electron chi connectivity index (χ0n) is 20.1. The van der Waals surface area contributed by atoms with E-state index in [1.165, 1.54) is 0 Å². The number of hydrogen-bond donors (Lipinski definition) is 1. The fourth-order valence-electron chi connectivity index (χ4n) is 2.18. The second-order valence-corrected chi connectivity index (χ2v) is 9.12. The molecule has 0 spiro atoms. The van der Waals surface area contributed by atoms with Crippen LogP contribution in [0.3, 0.4) is 0 Å². The van der Waals surface area contributed by atoms with Crippen molar-refractivity contribution >= 4 is 5.97 Å². The Balaban J connectivity index is 3.88. The Morgan fingerprint density at radius 1 is 0.897 bits per heavy atom. The minimum absolute atomic E-state index is 0.0211. The smallest absolute Gasteiger partial charge is 0.308 e. The van der Waals surface area contributed by atoms with Gasteiger partial charge in [-0.2, -0.15) is 0 Å². The molecule has 0 aliphatic heterocycles. The second-order valence-electron chi connectivity index (χ2n) is 9.12. The largest absolute Gasteiger partial charge is 0.463 e. The van der Waals surface area contributed by atoms with Gasteiger partial charge in [0.2, 0.25) is 0 Å². The normalized spacial score (nSPS) is 13.9. The van der Waals surface area contributed by atoms with Gasteiger partial charge < -0.3 is 23.7 Å². The predicted molar refractivity (Wildman–Crippen MR) is 115 cm³/mol. The highest BCUT2D eigenvalue weighted by Gasteiger charge is 2.38. The Morgan fingerprint density at radius 3 is 2.14 bits per heavy atom. The van der Waals surface area contributed by atoms with Crippen LogP contribution in [0.15, 0.2) is 0 Å². The van der Waals surface area contributed by atoms with Crippen molar-refractivity contribution in [2.75, 3.05) is 39.9 Å². The van der Waals surface area contributed by atoms with E-state index in [2.05, 4.69) is 33.0 Å². The van der Waals surface area contributed by atoms with Crippen molar-refractivity contribution in [2.24, 2.45) is 11.3 Å². The van der Waals surface area contributed by atoms with Crippen LogP contribution in [0, 0.1) is 11.3 Å². The van der Waals surface area contributed by atoms with Crippen molar-refractivity contribution < 1.29 is 28.5 Å². The fraction of sp³-hybridized carbons (Fsp3) is 0.955. The Bertz CT molecular complexity index is 437. The van der Waals surface area contributed by atoms with E-state index >= 15 is 0 Å². The van der Waals surface area contributed by atoms with E-state index in [1.54, 1.807) is 13.8 Å². The third-order valence-electron chi connectivity index (χ3n) is 5.10. The van der Waals surface area contributed by atoms with Gasteiger partial charge in [0, 0.05) is 6.61 Å². The van der Waals surface area contributed by atoms with Gasteiger partial charge in [-0.1, -0.05) is 27.7 Å². The molecule has 0 aliphatic carbocycles. The summed E-state index contributed by atoms with van der Waals surface area (Å²) in [5.41, 5.74) is -0.318. The summed E-state index contributed by atoms with van der Waals surface area (Å²) in [6.07, 6.45) is 1.13. The number of hydrogen-bond acceptors (Lipinski definition) is 7. The van der Waals surface area contributed by atoms with Crippen molar-refractivity contribution in [1.82, 2.24) is 5.32 Å². The van der Waals surface area contributed by atoms with E-state index in [-0.39, 0.29) is 41.7 Å². The molecule has 0 saturated heterocycles. The second kappa shape index (κ2) is 14.3. The Kier molecular flexibility index (Phi) is 13.9. The van der Waals surface area contributed by atoms with E-state index in [0.29, 0.717) is 26.7 Å². The first-order valence-corrected chi connectivity index (χ1v) is 10.7. The van der Waals surface area contributed by atoms with Crippen LogP contribution in [0.25, 0.3) is 0 Å². The van der Waals surface area contributed by atoms with Crippen molar-refractivity contribution in [1.29, 1.82) is 0 Å². The van der Waals surface area contributed by atoms with Crippen LogP contribution in [0.4, 0.5) is 0 Å². The number of rotatable bonds is 17. The minimum atomic E-state index is -0.297. The highest BCUT2D eigenvalue weighted by Crippen LogP contribution is 2.37. The third-order valence-corrected chi connectivity index (χ3v) is 5.10. The molecule has 0 saturated carbocycles. The van der Waals surface area contributed by atoms with E-state index in [9.17, 15) is 4.79 Å². The molecule has 0 radical (unpaired) electrons. The summed E-state index contributed by atoms with van der Waals surface area (Å²) >= 11 is 0. The van der Waals surface area contributed by atoms with Crippen molar-refractivity contribution in [3.63, 3.8) is 0 Å². The third kappa shape index (κ3) is 13.2. The van der Waals surface area contributed by atoms with E-state index in [4.69, 9.17) is 23.7 Å². The number of ether oxygens (including phenoxy) is 5. The lowest BCUT2D eigenvalue weighted by molar-refractivity contribution is -0.149. The van der Waals surface area contributed by atoms with Crippen LogP contribution in [-0.2, 0) is 28.5 Å². The topological polar surface area (TPSA) is 75.2 Å². The minimum Gasteiger partial charge on any atom is -0.463 e. The van der Waals surface area contributed by atoms with Crippen LogP contribution in [0.2, 0.25) is 0 Å². The van der Waals surface area contributed by atoms with Gasteiger partial charge >= 0.3 is 5.97 Å². The molecule has 7 nitrogen and oxygen atoms in total. The summed E-state index contributed by atoms with van der Waals surface area (Å²) in [7, 11) is 0. The molecule has 0 aromatic rings. The van der Waals surface area contributed by atoms with Gasteiger partial charge in [0.05, 0.1) is 50.4 Å². The molecule has 0 bridgehead atoms. The molecule has 174 valence electrons. The first-order valence-electron chi connectivity index (χ1n) is 10.7. The summed E-state index contributed by atoms with van der Waals surface area (Å²) in [6.45, 7) is 20.9. The zero-order valence-corrected chi connectivity index (χ0v) is 20.1. The predicted octanol–water partition coefficient (Wildman–Crippen LogP) is 3.75. The molecular formula is C22H45NO6. The van der Waals surface area contributed by atoms with E-state index < -0.39 is 0 Å². The average Bonchev–Trinajstić information content (AvgIpc) is 2.61.